The number of allylic oxidation sites excluding steroid dienone is 2. The van der Waals surface area contributed by atoms with E-state index >= 15 is 0 Å². The second kappa shape index (κ2) is 10.1. The van der Waals surface area contributed by atoms with E-state index in [1.165, 1.54) is 0 Å². The molecule has 0 rings (SSSR count). The molecule has 112 valence electrons. The van der Waals surface area contributed by atoms with Crippen molar-refractivity contribution in [1.29, 1.82) is 0 Å². The van der Waals surface area contributed by atoms with Crippen LogP contribution in [0.2, 0.25) is 0 Å². The average Bonchev–Trinajstić information content (AvgIpc) is 2.43. The van der Waals surface area contributed by atoms with E-state index in [1.807, 2.05) is 19.1 Å². The second-order valence-electron chi connectivity index (χ2n) is 4.21. The third kappa shape index (κ3) is 5.08. The molecule has 0 amide bonds. The third-order valence-corrected chi connectivity index (χ3v) is 2.77. The molecule has 4 nitrogen and oxygen atoms in total. The van der Waals surface area contributed by atoms with Crippen molar-refractivity contribution in [3.05, 3.63) is 12.2 Å². The molecule has 0 aromatic heterocycles. The highest BCUT2D eigenvalue weighted by Gasteiger charge is 2.47. The molecule has 0 aromatic carbocycles. The van der Waals surface area contributed by atoms with Gasteiger partial charge >= 0.3 is 11.9 Å². The van der Waals surface area contributed by atoms with Gasteiger partial charge in [-0.2, -0.15) is 0 Å². The Morgan fingerprint density at radius 2 is 1.60 bits per heavy atom. The predicted molar refractivity (Wildman–Crippen MR) is 77.8 cm³/mol. The van der Waals surface area contributed by atoms with E-state index in [9.17, 15) is 9.59 Å². The normalized spacial score (nSPS) is 10.8. The molecule has 0 aliphatic carbocycles. The molecule has 0 spiro atoms. The first kappa shape index (κ1) is 18.2. The van der Waals surface area contributed by atoms with Crippen LogP contribution in [-0.2, 0) is 19.1 Å². The summed E-state index contributed by atoms with van der Waals surface area (Å²) >= 11 is 0. The molecule has 0 heterocycles. The lowest BCUT2D eigenvalue weighted by molar-refractivity contribution is -0.171. The van der Waals surface area contributed by atoms with Crippen LogP contribution in [-0.4, -0.2) is 25.2 Å². The Morgan fingerprint density at radius 3 is 2.00 bits per heavy atom. The first-order valence-electron chi connectivity index (χ1n) is 6.98. The number of esters is 2. The standard InChI is InChI=1S/C16H24O4/c1-5-9-11-13-16(12-10-6-2,14(17)19-7-3)15(18)20-8-4/h9,11H,5,7-8,12-13H2,1-4H3/b11-9-. The summed E-state index contributed by atoms with van der Waals surface area (Å²) in [6.07, 6.45) is 4.90. The van der Waals surface area contributed by atoms with Crippen LogP contribution in [0.25, 0.3) is 0 Å². The van der Waals surface area contributed by atoms with Crippen LogP contribution in [0.15, 0.2) is 12.2 Å². The number of carbonyl (C=O) groups is 2. The van der Waals surface area contributed by atoms with E-state index in [4.69, 9.17) is 9.47 Å². The number of rotatable bonds is 8. The minimum atomic E-state index is -1.36. The van der Waals surface area contributed by atoms with Crippen molar-refractivity contribution in [3.8, 4) is 11.8 Å². The van der Waals surface area contributed by atoms with E-state index in [0.29, 0.717) is 0 Å². The van der Waals surface area contributed by atoms with Crippen LogP contribution in [0.1, 0.15) is 47.0 Å². The summed E-state index contributed by atoms with van der Waals surface area (Å²) in [7, 11) is 0. The Hall–Kier alpha value is -1.76. The molecule has 0 aliphatic rings. The lowest BCUT2D eigenvalue weighted by atomic mass is 9.81. The lowest BCUT2D eigenvalue weighted by Crippen LogP contribution is -2.41. The summed E-state index contributed by atoms with van der Waals surface area (Å²) in [5.41, 5.74) is -1.36. The molecular formula is C16H24O4. The third-order valence-electron chi connectivity index (χ3n) is 2.77. The molecule has 0 N–H and O–H groups in total. The van der Waals surface area contributed by atoms with Gasteiger partial charge in [-0.05, 0) is 33.6 Å². The van der Waals surface area contributed by atoms with Gasteiger partial charge in [0.05, 0.1) is 13.2 Å². The van der Waals surface area contributed by atoms with E-state index in [1.54, 1.807) is 20.8 Å². The summed E-state index contributed by atoms with van der Waals surface area (Å²) in [6.45, 7) is 7.51. The zero-order valence-electron chi connectivity index (χ0n) is 12.8. The fraction of sp³-hybridized carbons (Fsp3) is 0.625. The molecular weight excluding hydrogens is 256 g/mol. The van der Waals surface area contributed by atoms with E-state index in [0.717, 1.165) is 6.42 Å². The van der Waals surface area contributed by atoms with Crippen molar-refractivity contribution < 1.29 is 19.1 Å². The van der Waals surface area contributed by atoms with Crippen LogP contribution in [0.5, 0.6) is 0 Å². The van der Waals surface area contributed by atoms with Gasteiger partial charge in [0.25, 0.3) is 0 Å². The fourth-order valence-electron chi connectivity index (χ4n) is 1.70. The van der Waals surface area contributed by atoms with E-state index in [-0.39, 0.29) is 26.1 Å². The van der Waals surface area contributed by atoms with Gasteiger partial charge in [-0.25, -0.2) is 0 Å². The Labute approximate surface area is 121 Å². The van der Waals surface area contributed by atoms with Crippen LogP contribution < -0.4 is 0 Å². The molecule has 4 heteroatoms. The number of hydrogen-bond donors (Lipinski definition) is 0. The van der Waals surface area contributed by atoms with Gasteiger partial charge in [0.2, 0.25) is 0 Å². The fourth-order valence-corrected chi connectivity index (χ4v) is 1.70. The molecule has 0 saturated heterocycles. The average molecular weight is 280 g/mol. The van der Waals surface area contributed by atoms with Crippen molar-refractivity contribution in [2.45, 2.75) is 47.0 Å². The maximum absolute atomic E-state index is 12.3. The Morgan fingerprint density at radius 1 is 1.05 bits per heavy atom. The van der Waals surface area contributed by atoms with Gasteiger partial charge < -0.3 is 9.47 Å². The summed E-state index contributed by atoms with van der Waals surface area (Å²) in [6, 6.07) is 0. The highest BCUT2D eigenvalue weighted by Crippen LogP contribution is 2.31. The van der Waals surface area contributed by atoms with E-state index in [2.05, 4.69) is 11.8 Å². The van der Waals surface area contributed by atoms with Gasteiger partial charge in [-0.3, -0.25) is 9.59 Å². The number of ether oxygens (including phenoxy) is 2. The Balaban J connectivity index is 5.46. The minimum Gasteiger partial charge on any atom is -0.465 e. The molecule has 0 bridgehead atoms. The molecule has 0 radical (unpaired) electrons. The zero-order chi connectivity index (χ0) is 15.4. The van der Waals surface area contributed by atoms with Crippen molar-refractivity contribution in [3.63, 3.8) is 0 Å². The summed E-state index contributed by atoms with van der Waals surface area (Å²) in [5, 5.41) is 0. The Kier molecular flexibility index (Phi) is 9.19. The molecule has 0 unspecified atom stereocenters. The number of hydrogen-bond acceptors (Lipinski definition) is 4. The molecule has 0 fully saturated rings. The molecule has 0 aromatic rings. The maximum Gasteiger partial charge on any atom is 0.324 e. The van der Waals surface area contributed by atoms with Gasteiger partial charge in [0.15, 0.2) is 5.41 Å². The van der Waals surface area contributed by atoms with Crippen molar-refractivity contribution in [1.82, 2.24) is 0 Å². The summed E-state index contributed by atoms with van der Waals surface area (Å²) in [4.78, 5) is 24.5. The Bertz CT molecular complexity index is 380. The minimum absolute atomic E-state index is 0.106. The maximum atomic E-state index is 12.3. The van der Waals surface area contributed by atoms with Crippen LogP contribution in [0, 0.1) is 17.3 Å². The van der Waals surface area contributed by atoms with Crippen LogP contribution in [0.4, 0.5) is 0 Å². The van der Waals surface area contributed by atoms with Gasteiger partial charge in [-0.15, -0.1) is 11.8 Å². The molecule has 0 saturated carbocycles. The topological polar surface area (TPSA) is 52.6 Å². The first-order valence-corrected chi connectivity index (χ1v) is 6.98. The van der Waals surface area contributed by atoms with Crippen molar-refractivity contribution in [2.24, 2.45) is 5.41 Å². The molecule has 0 atom stereocenters. The summed E-state index contributed by atoms with van der Waals surface area (Å²) < 4.78 is 10.1. The van der Waals surface area contributed by atoms with Gasteiger partial charge in [-0.1, -0.05) is 19.1 Å². The lowest BCUT2D eigenvalue weighted by Gasteiger charge is -2.26. The largest absolute Gasteiger partial charge is 0.465 e. The van der Waals surface area contributed by atoms with Crippen LogP contribution >= 0.6 is 0 Å². The predicted octanol–water partition coefficient (Wildman–Crippen LogP) is 2.87. The highest BCUT2D eigenvalue weighted by atomic mass is 16.6. The highest BCUT2D eigenvalue weighted by molar-refractivity contribution is 6.00. The SMILES string of the molecule is CC#CCC(C/C=C\CC)(C(=O)OCC)C(=O)OCC. The van der Waals surface area contributed by atoms with Crippen molar-refractivity contribution in [2.75, 3.05) is 13.2 Å². The van der Waals surface area contributed by atoms with Gasteiger partial charge in [0.1, 0.15) is 0 Å². The molecule has 0 aliphatic heterocycles. The first-order chi connectivity index (χ1) is 9.58. The second-order valence-corrected chi connectivity index (χ2v) is 4.21. The van der Waals surface area contributed by atoms with Crippen molar-refractivity contribution >= 4 is 11.9 Å². The zero-order valence-corrected chi connectivity index (χ0v) is 12.8. The number of carbonyl (C=O) groups excluding carboxylic acids is 2. The molecule has 20 heavy (non-hydrogen) atoms. The smallest absolute Gasteiger partial charge is 0.324 e. The summed E-state index contributed by atoms with van der Waals surface area (Å²) in [5.74, 6) is 4.39. The van der Waals surface area contributed by atoms with Gasteiger partial charge in [0, 0.05) is 6.42 Å². The quantitative estimate of drug-likeness (QED) is 0.297. The monoisotopic (exact) mass is 280 g/mol. The van der Waals surface area contributed by atoms with E-state index < -0.39 is 17.4 Å². The van der Waals surface area contributed by atoms with Crippen LogP contribution in [0.3, 0.4) is 0 Å².